The number of hydrogen-bond donors (Lipinski definition) is 1. The van der Waals surface area contributed by atoms with Crippen molar-refractivity contribution in [1.29, 1.82) is 0 Å². The second kappa shape index (κ2) is 8.70. The van der Waals surface area contributed by atoms with Gasteiger partial charge in [-0.3, -0.25) is 9.35 Å². The summed E-state index contributed by atoms with van der Waals surface area (Å²) in [6, 6.07) is 5.37. The Kier molecular flexibility index (Phi) is 6.87. The molecule has 0 radical (unpaired) electrons. The van der Waals surface area contributed by atoms with Gasteiger partial charge in [0.25, 0.3) is 16.0 Å². The van der Waals surface area contributed by atoms with E-state index in [-0.39, 0.29) is 24.3 Å². The van der Waals surface area contributed by atoms with Crippen molar-refractivity contribution in [3.05, 3.63) is 36.7 Å². The maximum atomic E-state index is 12.1. The average molecular weight is 404 g/mol. The van der Waals surface area contributed by atoms with E-state index in [9.17, 15) is 22.6 Å². The van der Waals surface area contributed by atoms with Crippen molar-refractivity contribution in [3.8, 4) is 0 Å². The standard InChI is InChI=1S/C14H16N2O6S3/c1-10-5-6-13(17)16(10)22-14(18)11(25(19,20)21)7-9-23-24-12-4-2-3-8-15-12/h2-4,8,11H,1,5-7,9H2,(H,19,20,21). The van der Waals surface area contributed by atoms with Gasteiger partial charge in [-0.15, -0.1) is 5.06 Å². The maximum absolute atomic E-state index is 12.1. The molecular weight excluding hydrogens is 388 g/mol. The Hall–Kier alpha value is -1.56. The summed E-state index contributed by atoms with van der Waals surface area (Å²) in [7, 11) is -2.06. The molecule has 1 amide bonds. The van der Waals surface area contributed by atoms with Crippen LogP contribution in [0.3, 0.4) is 0 Å². The first-order valence-electron chi connectivity index (χ1n) is 7.18. The zero-order valence-corrected chi connectivity index (χ0v) is 15.5. The molecule has 1 unspecified atom stereocenters. The van der Waals surface area contributed by atoms with Crippen LogP contribution in [-0.4, -0.2) is 45.9 Å². The van der Waals surface area contributed by atoms with Crippen LogP contribution in [0.4, 0.5) is 0 Å². The van der Waals surface area contributed by atoms with E-state index >= 15 is 0 Å². The second-order valence-corrected chi connectivity index (χ2v) is 9.07. The fourth-order valence-corrected chi connectivity index (χ4v) is 4.76. The lowest BCUT2D eigenvalue weighted by Crippen LogP contribution is -2.37. The number of hydroxylamine groups is 2. The Morgan fingerprint density at radius 3 is 2.76 bits per heavy atom. The van der Waals surface area contributed by atoms with Gasteiger partial charge >= 0.3 is 5.97 Å². The van der Waals surface area contributed by atoms with E-state index in [4.69, 9.17) is 4.84 Å². The lowest BCUT2D eigenvalue weighted by Gasteiger charge is -2.19. The Balaban J connectivity index is 1.91. The summed E-state index contributed by atoms with van der Waals surface area (Å²) in [6.07, 6.45) is 1.93. The van der Waals surface area contributed by atoms with Gasteiger partial charge in [-0.2, -0.15) is 8.42 Å². The normalized spacial score (nSPS) is 16.1. The first-order chi connectivity index (χ1) is 11.8. The molecule has 1 saturated heterocycles. The number of pyridine rings is 1. The molecule has 0 saturated carbocycles. The van der Waals surface area contributed by atoms with Gasteiger partial charge < -0.3 is 4.84 Å². The fourth-order valence-electron chi connectivity index (χ4n) is 1.94. The van der Waals surface area contributed by atoms with E-state index in [1.54, 1.807) is 18.3 Å². The third-order valence-corrected chi connectivity index (χ3v) is 6.64. The molecule has 0 aromatic carbocycles. The predicted molar refractivity (Wildman–Crippen MR) is 93.8 cm³/mol. The van der Waals surface area contributed by atoms with Gasteiger partial charge in [0.15, 0.2) is 5.25 Å². The summed E-state index contributed by atoms with van der Waals surface area (Å²) in [5.74, 6) is -1.44. The molecule has 8 nitrogen and oxygen atoms in total. The number of aromatic nitrogens is 1. The molecule has 1 atom stereocenters. The molecule has 0 spiro atoms. The third-order valence-electron chi connectivity index (χ3n) is 3.19. The Bertz CT molecular complexity index is 737. The van der Waals surface area contributed by atoms with Crippen molar-refractivity contribution in [2.75, 3.05) is 5.75 Å². The monoisotopic (exact) mass is 404 g/mol. The number of rotatable bonds is 8. The Labute approximate surface area is 153 Å². The molecule has 0 aliphatic carbocycles. The minimum Gasteiger partial charge on any atom is -0.332 e. The van der Waals surface area contributed by atoms with Crippen LogP contribution in [0.1, 0.15) is 19.3 Å². The van der Waals surface area contributed by atoms with Crippen molar-refractivity contribution >= 4 is 43.6 Å². The smallest absolute Gasteiger partial charge is 0.332 e. The van der Waals surface area contributed by atoms with Crippen molar-refractivity contribution < 1.29 is 27.4 Å². The predicted octanol–water partition coefficient (Wildman–Crippen LogP) is 2.06. The lowest BCUT2D eigenvalue weighted by molar-refractivity contribution is -0.186. The molecule has 136 valence electrons. The molecule has 1 fully saturated rings. The van der Waals surface area contributed by atoms with E-state index in [1.807, 2.05) is 6.07 Å². The van der Waals surface area contributed by atoms with Gasteiger partial charge in [-0.1, -0.05) is 23.4 Å². The molecule has 1 N–H and O–H groups in total. The molecule has 1 aliphatic rings. The van der Waals surface area contributed by atoms with Crippen LogP contribution >= 0.6 is 21.6 Å². The van der Waals surface area contributed by atoms with Crippen LogP contribution in [-0.2, 0) is 24.5 Å². The minimum absolute atomic E-state index is 0.138. The van der Waals surface area contributed by atoms with Gasteiger partial charge in [-0.25, -0.2) is 9.78 Å². The molecule has 2 heterocycles. The largest absolute Gasteiger partial charge is 0.353 e. The summed E-state index contributed by atoms with van der Waals surface area (Å²) < 4.78 is 32.2. The van der Waals surface area contributed by atoms with Crippen LogP contribution in [0, 0.1) is 0 Å². The highest BCUT2D eigenvalue weighted by atomic mass is 33.1. The van der Waals surface area contributed by atoms with Crippen molar-refractivity contribution in [2.24, 2.45) is 0 Å². The van der Waals surface area contributed by atoms with E-state index in [0.717, 1.165) is 5.03 Å². The molecular formula is C14H16N2O6S3. The van der Waals surface area contributed by atoms with Crippen molar-refractivity contribution in [1.82, 2.24) is 10.0 Å². The van der Waals surface area contributed by atoms with E-state index in [1.165, 1.54) is 21.6 Å². The summed E-state index contributed by atoms with van der Waals surface area (Å²) in [5.41, 5.74) is 0.271. The lowest BCUT2D eigenvalue weighted by atomic mass is 10.3. The summed E-state index contributed by atoms with van der Waals surface area (Å²) >= 11 is 0. The van der Waals surface area contributed by atoms with Gasteiger partial charge in [0.2, 0.25) is 0 Å². The first kappa shape index (κ1) is 19.8. The van der Waals surface area contributed by atoms with E-state index < -0.39 is 27.2 Å². The van der Waals surface area contributed by atoms with Gasteiger partial charge in [-0.05, 0) is 35.8 Å². The maximum Gasteiger partial charge on any atom is 0.353 e. The van der Waals surface area contributed by atoms with E-state index in [0.29, 0.717) is 11.5 Å². The average Bonchev–Trinajstić information content (AvgIpc) is 2.86. The molecule has 2 rings (SSSR count). The van der Waals surface area contributed by atoms with Crippen LogP contribution in [0.15, 0.2) is 41.7 Å². The fraction of sp³-hybridized carbons (Fsp3) is 0.357. The van der Waals surface area contributed by atoms with Crippen LogP contribution in [0.2, 0.25) is 0 Å². The second-order valence-electron chi connectivity index (χ2n) is 5.03. The van der Waals surface area contributed by atoms with Gasteiger partial charge in [0.1, 0.15) is 5.03 Å². The number of amides is 1. The van der Waals surface area contributed by atoms with Crippen molar-refractivity contribution in [2.45, 2.75) is 29.5 Å². The summed E-state index contributed by atoms with van der Waals surface area (Å²) in [6.45, 7) is 3.57. The highest BCUT2D eigenvalue weighted by molar-refractivity contribution is 8.76. The highest BCUT2D eigenvalue weighted by Gasteiger charge is 2.37. The molecule has 11 heteroatoms. The van der Waals surface area contributed by atoms with Crippen molar-refractivity contribution in [3.63, 3.8) is 0 Å². The van der Waals surface area contributed by atoms with Gasteiger partial charge in [0, 0.05) is 18.4 Å². The number of carbonyl (C=O) groups excluding carboxylic acids is 2. The Morgan fingerprint density at radius 2 is 2.20 bits per heavy atom. The number of hydrogen-bond acceptors (Lipinski definition) is 8. The molecule has 1 aromatic rings. The minimum atomic E-state index is -4.67. The van der Waals surface area contributed by atoms with Crippen LogP contribution < -0.4 is 0 Å². The number of carbonyl (C=O) groups is 2. The number of allylic oxidation sites excluding steroid dienone is 1. The number of nitrogens with zero attached hydrogens (tertiary/aromatic N) is 2. The molecule has 0 bridgehead atoms. The van der Waals surface area contributed by atoms with Crippen LogP contribution in [0.5, 0.6) is 0 Å². The van der Waals surface area contributed by atoms with E-state index in [2.05, 4.69) is 11.6 Å². The summed E-state index contributed by atoms with van der Waals surface area (Å²) in [4.78, 5) is 32.6. The zero-order chi connectivity index (χ0) is 18.4. The quantitative estimate of drug-likeness (QED) is 0.395. The van der Waals surface area contributed by atoms with Gasteiger partial charge in [0.05, 0.1) is 5.70 Å². The molecule has 25 heavy (non-hydrogen) atoms. The molecule has 1 aromatic heterocycles. The van der Waals surface area contributed by atoms with Crippen LogP contribution in [0.25, 0.3) is 0 Å². The Morgan fingerprint density at radius 1 is 1.44 bits per heavy atom. The topological polar surface area (TPSA) is 114 Å². The zero-order valence-electron chi connectivity index (χ0n) is 13.0. The molecule has 1 aliphatic heterocycles. The summed E-state index contributed by atoms with van der Waals surface area (Å²) in [5, 5.41) is -0.348. The first-order valence-corrected chi connectivity index (χ1v) is 11.0. The SMILES string of the molecule is C=C1CCC(=O)N1OC(=O)C(CCSSc1ccccn1)S(=O)(=O)O. The highest BCUT2D eigenvalue weighted by Crippen LogP contribution is 2.30. The third kappa shape index (κ3) is 5.73.